The third kappa shape index (κ3) is 5.17. The SMILES string of the molecule is CCNC(=O)[C@H](CCC(C)(C)CC)NC1NC(=O)Oc2cc(F)ccc21. The summed E-state index contributed by atoms with van der Waals surface area (Å²) in [6.45, 7) is 8.83. The van der Waals surface area contributed by atoms with E-state index in [1.54, 1.807) is 6.07 Å². The largest absolute Gasteiger partial charge is 0.414 e. The van der Waals surface area contributed by atoms with Crippen LogP contribution in [0.3, 0.4) is 0 Å². The van der Waals surface area contributed by atoms with E-state index in [1.807, 2.05) is 6.92 Å². The molecule has 3 N–H and O–H groups in total. The number of nitrogens with one attached hydrogen (secondary N) is 3. The summed E-state index contributed by atoms with van der Waals surface area (Å²) in [5.41, 5.74) is 0.710. The van der Waals surface area contributed by atoms with E-state index in [0.717, 1.165) is 12.8 Å². The zero-order valence-electron chi connectivity index (χ0n) is 15.8. The molecular weight excluding hydrogens is 337 g/mol. The Labute approximate surface area is 153 Å². The molecule has 0 bridgehead atoms. The lowest BCUT2D eigenvalue weighted by atomic mass is 9.83. The van der Waals surface area contributed by atoms with E-state index in [0.29, 0.717) is 18.5 Å². The zero-order chi connectivity index (χ0) is 19.3. The Morgan fingerprint density at radius 1 is 1.38 bits per heavy atom. The van der Waals surface area contributed by atoms with Crippen molar-refractivity contribution in [2.45, 2.75) is 59.2 Å². The number of amides is 2. The molecule has 1 unspecified atom stereocenters. The Morgan fingerprint density at radius 3 is 2.77 bits per heavy atom. The quantitative estimate of drug-likeness (QED) is 0.661. The minimum atomic E-state index is -0.677. The van der Waals surface area contributed by atoms with Gasteiger partial charge in [-0.1, -0.05) is 27.2 Å². The topological polar surface area (TPSA) is 79.5 Å². The molecule has 0 spiro atoms. The van der Waals surface area contributed by atoms with Crippen LogP contribution in [0, 0.1) is 11.2 Å². The van der Waals surface area contributed by atoms with Crippen molar-refractivity contribution in [3.05, 3.63) is 29.6 Å². The Hall–Kier alpha value is -2.15. The van der Waals surface area contributed by atoms with Gasteiger partial charge in [-0.25, -0.2) is 9.18 Å². The van der Waals surface area contributed by atoms with Gasteiger partial charge in [-0.2, -0.15) is 0 Å². The van der Waals surface area contributed by atoms with Crippen molar-refractivity contribution < 1.29 is 18.7 Å². The summed E-state index contributed by atoms with van der Waals surface area (Å²) in [6.07, 6.45) is 1.18. The molecule has 26 heavy (non-hydrogen) atoms. The van der Waals surface area contributed by atoms with Crippen molar-refractivity contribution in [1.29, 1.82) is 0 Å². The second-order valence-electron chi connectivity index (χ2n) is 7.32. The first-order valence-corrected chi connectivity index (χ1v) is 9.07. The molecule has 1 aliphatic heterocycles. The maximum Gasteiger partial charge on any atom is 0.414 e. The lowest BCUT2D eigenvalue weighted by Gasteiger charge is -2.31. The molecule has 0 aliphatic carbocycles. The van der Waals surface area contributed by atoms with Gasteiger partial charge in [0, 0.05) is 18.2 Å². The van der Waals surface area contributed by atoms with Gasteiger partial charge in [-0.3, -0.25) is 10.1 Å². The first-order valence-electron chi connectivity index (χ1n) is 9.07. The van der Waals surface area contributed by atoms with E-state index in [9.17, 15) is 14.0 Å². The standard InChI is InChI=1S/C19H28FN3O3/c1-5-19(3,4)10-9-14(17(24)21-6-2)22-16-13-8-7-12(20)11-15(13)26-18(25)23-16/h7-8,11,14,16,22H,5-6,9-10H2,1-4H3,(H,21,24)(H,23,25)/t14-,16?/m0/s1. The Bertz CT molecular complexity index is 663. The van der Waals surface area contributed by atoms with Crippen LogP contribution in [0.25, 0.3) is 0 Å². The van der Waals surface area contributed by atoms with E-state index in [4.69, 9.17) is 4.74 Å². The van der Waals surface area contributed by atoms with Crippen LogP contribution in [0.5, 0.6) is 5.75 Å². The van der Waals surface area contributed by atoms with Gasteiger partial charge >= 0.3 is 6.09 Å². The number of carbonyl (C=O) groups excluding carboxylic acids is 2. The summed E-state index contributed by atoms with van der Waals surface area (Å²) in [5, 5.41) is 8.68. The van der Waals surface area contributed by atoms with Crippen molar-refractivity contribution >= 4 is 12.0 Å². The number of halogens is 1. The van der Waals surface area contributed by atoms with Gasteiger partial charge in [0.1, 0.15) is 17.7 Å². The van der Waals surface area contributed by atoms with Crippen molar-refractivity contribution in [1.82, 2.24) is 16.0 Å². The molecule has 2 rings (SSSR count). The average Bonchev–Trinajstić information content (AvgIpc) is 2.58. The third-order valence-electron chi connectivity index (χ3n) is 4.85. The molecule has 0 saturated heterocycles. The highest BCUT2D eigenvalue weighted by atomic mass is 19.1. The monoisotopic (exact) mass is 365 g/mol. The number of benzene rings is 1. The predicted molar refractivity (Wildman–Crippen MR) is 97.2 cm³/mol. The number of hydrogen-bond donors (Lipinski definition) is 3. The highest BCUT2D eigenvalue weighted by molar-refractivity contribution is 5.82. The van der Waals surface area contributed by atoms with E-state index in [2.05, 4.69) is 36.7 Å². The third-order valence-corrected chi connectivity index (χ3v) is 4.85. The van der Waals surface area contributed by atoms with Crippen LogP contribution in [-0.2, 0) is 4.79 Å². The predicted octanol–water partition coefficient (Wildman–Crippen LogP) is 3.24. The number of ether oxygens (including phenoxy) is 1. The fraction of sp³-hybridized carbons (Fsp3) is 0.579. The average molecular weight is 365 g/mol. The molecule has 144 valence electrons. The van der Waals surface area contributed by atoms with Crippen LogP contribution in [0.15, 0.2) is 18.2 Å². The fourth-order valence-corrected chi connectivity index (χ4v) is 2.79. The summed E-state index contributed by atoms with van der Waals surface area (Å²) in [5.74, 6) is -0.444. The molecule has 1 aromatic rings. The molecule has 6 nitrogen and oxygen atoms in total. The van der Waals surface area contributed by atoms with Gasteiger partial charge in [0.25, 0.3) is 0 Å². The summed E-state index contributed by atoms with van der Waals surface area (Å²) in [6, 6.07) is 3.54. The van der Waals surface area contributed by atoms with Gasteiger partial charge < -0.3 is 15.4 Å². The first kappa shape index (κ1) is 20.2. The summed E-state index contributed by atoms with van der Waals surface area (Å²) in [7, 11) is 0. The maximum atomic E-state index is 13.4. The molecule has 2 atom stereocenters. The van der Waals surface area contributed by atoms with Crippen LogP contribution in [0.2, 0.25) is 0 Å². The lowest BCUT2D eigenvalue weighted by molar-refractivity contribution is -0.123. The molecule has 0 saturated carbocycles. The number of fused-ring (bicyclic) bond motifs is 1. The lowest BCUT2D eigenvalue weighted by Crippen LogP contribution is -2.52. The van der Waals surface area contributed by atoms with Crippen LogP contribution in [0.4, 0.5) is 9.18 Å². The number of rotatable bonds is 8. The summed E-state index contributed by atoms with van der Waals surface area (Å²) in [4.78, 5) is 24.3. The maximum absolute atomic E-state index is 13.4. The van der Waals surface area contributed by atoms with Gasteiger partial charge in [0.05, 0.1) is 6.04 Å². The van der Waals surface area contributed by atoms with Crippen LogP contribution >= 0.6 is 0 Å². The molecular formula is C19H28FN3O3. The van der Waals surface area contributed by atoms with Gasteiger partial charge in [-0.05, 0) is 37.3 Å². The molecule has 0 aromatic heterocycles. The van der Waals surface area contributed by atoms with Gasteiger partial charge in [-0.15, -0.1) is 0 Å². The molecule has 1 heterocycles. The van der Waals surface area contributed by atoms with Crippen LogP contribution in [0.1, 0.15) is 58.7 Å². The molecule has 2 amide bonds. The van der Waals surface area contributed by atoms with E-state index < -0.39 is 24.1 Å². The van der Waals surface area contributed by atoms with E-state index in [-0.39, 0.29) is 17.1 Å². The molecule has 1 aliphatic rings. The highest BCUT2D eigenvalue weighted by Gasteiger charge is 2.31. The number of carbonyl (C=O) groups is 2. The normalized spacial score (nSPS) is 17.7. The smallest absolute Gasteiger partial charge is 0.410 e. The molecule has 0 fully saturated rings. The Balaban J connectivity index is 2.19. The Kier molecular flexibility index (Phi) is 6.58. The van der Waals surface area contributed by atoms with Gasteiger partial charge in [0.2, 0.25) is 5.91 Å². The highest BCUT2D eigenvalue weighted by Crippen LogP contribution is 2.30. The molecule has 1 aromatic carbocycles. The second-order valence-corrected chi connectivity index (χ2v) is 7.32. The van der Waals surface area contributed by atoms with Gasteiger partial charge in [0.15, 0.2) is 0 Å². The molecule has 0 radical (unpaired) electrons. The minimum absolute atomic E-state index is 0.117. The van der Waals surface area contributed by atoms with E-state index in [1.165, 1.54) is 12.1 Å². The summed E-state index contributed by atoms with van der Waals surface area (Å²) < 4.78 is 18.5. The van der Waals surface area contributed by atoms with Crippen LogP contribution < -0.4 is 20.7 Å². The van der Waals surface area contributed by atoms with Crippen molar-refractivity contribution in [3.8, 4) is 5.75 Å². The molecule has 7 heteroatoms. The number of likely N-dealkylation sites (N-methyl/N-ethyl adjacent to an activating group) is 1. The van der Waals surface area contributed by atoms with Crippen LogP contribution in [-0.4, -0.2) is 24.6 Å². The number of hydrogen-bond acceptors (Lipinski definition) is 4. The zero-order valence-corrected chi connectivity index (χ0v) is 15.8. The Morgan fingerprint density at radius 2 is 2.12 bits per heavy atom. The van der Waals surface area contributed by atoms with Crippen molar-refractivity contribution in [2.24, 2.45) is 5.41 Å². The van der Waals surface area contributed by atoms with E-state index >= 15 is 0 Å². The minimum Gasteiger partial charge on any atom is -0.410 e. The first-order chi connectivity index (χ1) is 12.3. The van der Waals surface area contributed by atoms with Crippen molar-refractivity contribution in [2.75, 3.05) is 6.54 Å². The van der Waals surface area contributed by atoms with Crippen molar-refractivity contribution in [3.63, 3.8) is 0 Å². The summed E-state index contributed by atoms with van der Waals surface area (Å²) >= 11 is 0. The fourth-order valence-electron chi connectivity index (χ4n) is 2.79. The second kappa shape index (κ2) is 8.49.